The second kappa shape index (κ2) is 13.2. The molecule has 2 N–H and O–H groups in total. The molecule has 0 unspecified atom stereocenters. The second-order valence-corrected chi connectivity index (χ2v) is 8.41. The summed E-state index contributed by atoms with van der Waals surface area (Å²) in [6.07, 6.45) is 0.403. The summed E-state index contributed by atoms with van der Waals surface area (Å²) in [6.45, 7) is 2.30. The van der Waals surface area contributed by atoms with Crippen LogP contribution in [-0.4, -0.2) is 31.8 Å². The van der Waals surface area contributed by atoms with Gasteiger partial charge in [0.25, 0.3) is 0 Å². The van der Waals surface area contributed by atoms with E-state index in [4.69, 9.17) is 4.74 Å². The average Bonchev–Trinajstić information content (AvgIpc) is 2.86. The number of hydrogen-bond acceptors (Lipinski definition) is 4. The lowest BCUT2D eigenvalue weighted by Gasteiger charge is -2.25. The molecule has 35 heavy (non-hydrogen) atoms. The Labute approximate surface area is 212 Å². The van der Waals surface area contributed by atoms with Gasteiger partial charge in [0.05, 0.1) is 6.10 Å². The van der Waals surface area contributed by atoms with Crippen molar-refractivity contribution in [2.75, 3.05) is 25.6 Å². The van der Waals surface area contributed by atoms with Crippen LogP contribution in [0, 0.1) is 24.5 Å². The van der Waals surface area contributed by atoms with Crippen molar-refractivity contribution < 1.29 is 23.5 Å². The van der Waals surface area contributed by atoms with Crippen LogP contribution in [0.25, 0.3) is 11.1 Å². The smallest absolute Gasteiger partial charge is 0.246 e. The quantitative estimate of drug-likeness (QED) is 0.273. The predicted molar refractivity (Wildman–Crippen MR) is 139 cm³/mol. The highest BCUT2D eigenvalue weighted by atomic mass is 32.1. The van der Waals surface area contributed by atoms with Gasteiger partial charge in [0, 0.05) is 32.3 Å². The lowest BCUT2D eigenvalue weighted by molar-refractivity contribution is -0.134. The average molecular weight is 503 g/mol. The Morgan fingerprint density at radius 1 is 1.03 bits per heavy atom. The van der Waals surface area contributed by atoms with Gasteiger partial charge in [-0.1, -0.05) is 30.3 Å². The lowest BCUT2D eigenvalue weighted by Crippen LogP contribution is -2.32. The number of carbonyl (C=O) groups excluding carboxylic acids is 1. The van der Waals surface area contributed by atoms with E-state index in [2.05, 4.69) is 0 Å². The number of amides is 1. The topological polar surface area (TPSA) is 61.8 Å². The molecular formula is C27H32F2N2O3S. The molecule has 3 aromatic rings. The minimum Gasteiger partial charge on any atom is -0.377 e. The van der Waals surface area contributed by atoms with Gasteiger partial charge in [-0.05, 0) is 78.4 Å². The zero-order valence-corrected chi connectivity index (χ0v) is 21.1. The third-order valence-corrected chi connectivity index (χ3v) is 6.12. The van der Waals surface area contributed by atoms with E-state index in [1.54, 1.807) is 30.6 Å². The summed E-state index contributed by atoms with van der Waals surface area (Å²) >= 11 is 0. The summed E-state index contributed by atoms with van der Waals surface area (Å²) in [5.41, 5.74) is 6.01. The minimum atomic E-state index is -0.510. The van der Waals surface area contributed by atoms with Gasteiger partial charge < -0.3 is 9.64 Å². The van der Waals surface area contributed by atoms with Crippen LogP contribution in [0.3, 0.4) is 0 Å². The molecule has 0 heterocycles. The Hall–Kier alpha value is -2.94. The van der Waals surface area contributed by atoms with Crippen molar-refractivity contribution in [3.63, 3.8) is 0 Å². The van der Waals surface area contributed by atoms with E-state index >= 15 is 0 Å². The first kappa shape index (κ1) is 28.3. The van der Waals surface area contributed by atoms with Crippen molar-refractivity contribution >= 4 is 25.1 Å². The number of hydrogen-bond donors (Lipinski definition) is 2. The lowest BCUT2D eigenvalue weighted by atomic mass is 9.93. The van der Waals surface area contributed by atoms with Gasteiger partial charge in [0.2, 0.25) is 5.91 Å². The Balaban J connectivity index is 0.00000432. The van der Waals surface area contributed by atoms with Crippen molar-refractivity contribution in [2.24, 2.45) is 5.92 Å². The summed E-state index contributed by atoms with van der Waals surface area (Å²) in [7, 11) is 3.47. The molecule has 0 fully saturated rings. The Morgan fingerprint density at radius 3 is 2.23 bits per heavy atom. The van der Waals surface area contributed by atoms with Gasteiger partial charge in [-0.3, -0.25) is 10.0 Å². The number of nitrogens with one attached hydrogen (secondary N) is 1. The van der Waals surface area contributed by atoms with Crippen molar-refractivity contribution in [3.05, 3.63) is 89.5 Å². The van der Waals surface area contributed by atoms with Gasteiger partial charge in [0.1, 0.15) is 11.6 Å². The number of ether oxygens (including phenoxy) is 1. The number of carbonyl (C=O) groups is 1. The van der Waals surface area contributed by atoms with E-state index in [0.717, 1.165) is 22.4 Å². The van der Waals surface area contributed by atoms with Crippen LogP contribution in [0.5, 0.6) is 0 Å². The third-order valence-electron chi connectivity index (χ3n) is 6.12. The Kier molecular flexibility index (Phi) is 10.7. The van der Waals surface area contributed by atoms with Gasteiger partial charge in [0.15, 0.2) is 0 Å². The van der Waals surface area contributed by atoms with Crippen LogP contribution in [0.15, 0.2) is 66.7 Å². The van der Waals surface area contributed by atoms with Crippen LogP contribution in [0.1, 0.15) is 30.1 Å². The van der Waals surface area contributed by atoms with E-state index in [9.17, 15) is 18.8 Å². The number of nitrogens with zero attached hydrogens (tertiary/aromatic N) is 1. The third kappa shape index (κ3) is 7.52. The summed E-state index contributed by atoms with van der Waals surface area (Å²) in [6, 6.07) is 18.9. The van der Waals surface area contributed by atoms with Crippen LogP contribution in [0.2, 0.25) is 0 Å². The molecule has 8 heteroatoms. The van der Waals surface area contributed by atoms with E-state index in [1.165, 1.54) is 25.3 Å². The number of methoxy groups -OCH3 is 1. The molecule has 3 aromatic carbocycles. The number of anilines is 1. The fraction of sp³-hybridized carbons (Fsp3) is 0.296. The molecule has 188 valence electrons. The van der Waals surface area contributed by atoms with Crippen molar-refractivity contribution in [1.29, 1.82) is 0 Å². The highest BCUT2D eigenvalue weighted by Crippen LogP contribution is 2.28. The first-order valence-electron chi connectivity index (χ1n) is 11.1. The molecule has 0 spiro atoms. The molecule has 0 aromatic heterocycles. The maximum absolute atomic E-state index is 13.6. The molecule has 0 aliphatic carbocycles. The first-order valence-corrected chi connectivity index (χ1v) is 11.1. The standard InChI is InChI=1S/C27H30F2N2O3.H2S/c1-18-16-21(8-13-25(18)29)19-6-11-24(12-7-19)31(2)15-14-22(27(32)30-33)17-26(34-3)20-4-9-23(28)10-5-20;/h4-13,16,22,26,33H,14-15,17H2,1-3H3,(H,30,32);1H2/t22-,26+;/m0./s1. The Morgan fingerprint density at radius 2 is 1.66 bits per heavy atom. The number of aryl methyl sites for hydroxylation is 1. The van der Waals surface area contributed by atoms with Crippen molar-refractivity contribution in [3.8, 4) is 11.1 Å². The summed E-state index contributed by atoms with van der Waals surface area (Å²) in [5.74, 6) is -1.56. The zero-order valence-electron chi connectivity index (χ0n) is 20.1. The molecular weight excluding hydrogens is 470 g/mol. The fourth-order valence-corrected chi connectivity index (χ4v) is 3.96. The van der Waals surface area contributed by atoms with Crippen molar-refractivity contribution in [1.82, 2.24) is 5.48 Å². The maximum atomic E-state index is 13.6. The van der Waals surface area contributed by atoms with Gasteiger partial charge in [-0.25, -0.2) is 14.3 Å². The molecule has 0 saturated heterocycles. The second-order valence-electron chi connectivity index (χ2n) is 8.41. The van der Waals surface area contributed by atoms with Crippen LogP contribution >= 0.6 is 13.5 Å². The van der Waals surface area contributed by atoms with Gasteiger partial charge in [-0.2, -0.15) is 13.5 Å². The molecule has 1 amide bonds. The zero-order chi connectivity index (χ0) is 24.7. The first-order chi connectivity index (χ1) is 16.3. The number of rotatable bonds is 10. The number of hydroxylamine groups is 1. The monoisotopic (exact) mass is 502 g/mol. The normalized spacial score (nSPS) is 12.4. The molecule has 0 aliphatic rings. The molecule has 5 nitrogen and oxygen atoms in total. The minimum absolute atomic E-state index is 0. The summed E-state index contributed by atoms with van der Waals surface area (Å²) < 4.78 is 32.4. The van der Waals surface area contributed by atoms with Gasteiger partial charge in [-0.15, -0.1) is 0 Å². The van der Waals surface area contributed by atoms with Crippen LogP contribution in [-0.2, 0) is 9.53 Å². The SMILES string of the molecule is CO[C@H](C[C@H](CCN(C)c1ccc(-c2ccc(F)c(C)c2)cc1)C(=O)NO)c1ccc(F)cc1.S. The number of benzene rings is 3. The van der Waals surface area contributed by atoms with Crippen LogP contribution < -0.4 is 10.4 Å². The molecule has 0 radical (unpaired) electrons. The fourth-order valence-electron chi connectivity index (χ4n) is 3.96. The van der Waals surface area contributed by atoms with Crippen LogP contribution in [0.4, 0.5) is 14.5 Å². The largest absolute Gasteiger partial charge is 0.377 e. The summed E-state index contributed by atoms with van der Waals surface area (Å²) in [5, 5.41) is 9.23. The maximum Gasteiger partial charge on any atom is 0.246 e. The molecule has 0 saturated carbocycles. The van der Waals surface area contributed by atoms with E-state index in [1.807, 2.05) is 42.3 Å². The predicted octanol–water partition coefficient (Wildman–Crippen LogP) is 5.78. The molecule has 2 atom stereocenters. The van der Waals surface area contributed by atoms with Crippen molar-refractivity contribution in [2.45, 2.75) is 25.9 Å². The molecule has 0 aliphatic heterocycles. The number of halogens is 2. The van der Waals surface area contributed by atoms with E-state index in [-0.39, 0.29) is 25.1 Å². The molecule has 3 rings (SSSR count). The van der Waals surface area contributed by atoms with Gasteiger partial charge >= 0.3 is 0 Å². The highest BCUT2D eigenvalue weighted by molar-refractivity contribution is 7.59. The van der Waals surface area contributed by atoms with E-state index < -0.39 is 17.9 Å². The summed E-state index contributed by atoms with van der Waals surface area (Å²) in [4.78, 5) is 14.4. The van der Waals surface area contributed by atoms with E-state index in [0.29, 0.717) is 24.9 Å². The Bertz CT molecular complexity index is 1090. The highest BCUT2D eigenvalue weighted by Gasteiger charge is 2.24. The molecule has 0 bridgehead atoms.